The molecule has 1 N–H and O–H groups in total. The molecule has 0 aliphatic carbocycles. The summed E-state index contributed by atoms with van der Waals surface area (Å²) in [4.78, 5) is 26.3. The van der Waals surface area contributed by atoms with Crippen molar-refractivity contribution in [3.05, 3.63) is 52.8 Å². The van der Waals surface area contributed by atoms with Crippen LogP contribution < -0.4 is 0 Å². The Hall–Kier alpha value is -2.63. The fourth-order valence-electron chi connectivity index (χ4n) is 3.73. The number of carbonyl (C=O) groups excluding carboxylic acids is 1. The molecule has 1 unspecified atom stereocenters. The second-order valence-corrected chi connectivity index (χ2v) is 6.86. The van der Waals surface area contributed by atoms with Crippen molar-refractivity contribution in [2.24, 2.45) is 0 Å². The minimum Gasteiger partial charge on any atom is -0.481 e. The molecule has 2 heterocycles. The minimum absolute atomic E-state index is 0.169. The molecule has 1 aliphatic heterocycles. The van der Waals surface area contributed by atoms with Crippen molar-refractivity contribution in [3.63, 3.8) is 0 Å². The molecule has 0 radical (unpaired) electrons. The number of aryl methyl sites for hydroxylation is 1. The highest BCUT2D eigenvalue weighted by molar-refractivity contribution is 5.93. The third kappa shape index (κ3) is 3.23. The van der Waals surface area contributed by atoms with Gasteiger partial charge in [0, 0.05) is 18.8 Å². The van der Waals surface area contributed by atoms with Crippen molar-refractivity contribution in [3.8, 4) is 0 Å². The van der Waals surface area contributed by atoms with Gasteiger partial charge in [-0.2, -0.15) is 5.10 Å². The van der Waals surface area contributed by atoms with Gasteiger partial charge in [0.1, 0.15) is 0 Å². The molecule has 1 aromatic carbocycles. The monoisotopic (exact) mass is 355 g/mol. The van der Waals surface area contributed by atoms with E-state index in [-0.39, 0.29) is 18.5 Å². The molecule has 1 aromatic heterocycles. The van der Waals surface area contributed by atoms with E-state index in [1.54, 1.807) is 11.0 Å². The second kappa shape index (κ2) is 7.32. The summed E-state index contributed by atoms with van der Waals surface area (Å²) >= 11 is 0. The topological polar surface area (TPSA) is 75.4 Å². The Labute approximate surface area is 153 Å². The van der Waals surface area contributed by atoms with Gasteiger partial charge in [-0.1, -0.05) is 38.1 Å². The quantitative estimate of drug-likeness (QED) is 0.892. The van der Waals surface area contributed by atoms with E-state index in [4.69, 9.17) is 0 Å². The van der Waals surface area contributed by atoms with Gasteiger partial charge in [-0.15, -0.1) is 0 Å². The number of benzene rings is 1. The molecule has 1 aliphatic rings. The number of carboxylic acid groups (broad SMARTS) is 1. The maximum Gasteiger partial charge on any atom is 0.312 e. The first kappa shape index (κ1) is 18.2. The third-order valence-corrected chi connectivity index (χ3v) is 5.21. The number of aliphatic carboxylic acids is 1. The van der Waals surface area contributed by atoms with Crippen LogP contribution >= 0.6 is 0 Å². The molecule has 2 aromatic rings. The van der Waals surface area contributed by atoms with Crippen LogP contribution in [-0.4, -0.2) is 38.2 Å². The summed E-state index contributed by atoms with van der Waals surface area (Å²) in [5.74, 6) is -1.82. The zero-order valence-corrected chi connectivity index (χ0v) is 15.5. The smallest absolute Gasteiger partial charge is 0.312 e. The van der Waals surface area contributed by atoms with Gasteiger partial charge in [0.2, 0.25) is 0 Å². The molecule has 0 saturated heterocycles. The number of aromatic nitrogens is 2. The Bertz CT molecular complexity index is 823. The van der Waals surface area contributed by atoms with Gasteiger partial charge in [0.25, 0.3) is 5.91 Å². The van der Waals surface area contributed by atoms with Gasteiger partial charge in [-0.25, -0.2) is 0 Å². The average molecular weight is 355 g/mol. The lowest BCUT2D eigenvalue weighted by Gasteiger charge is -2.32. The molecule has 1 amide bonds. The first-order chi connectivity index (χ1) is 12.5. The maximum atomic E-state index is 13.0. The van der Waals surface area contributed by atoms with Crippen LogP contribution in [0.25, 0.3) is 0 Å². The molecule has 6 heteroatoms. The number of amides is 1. The van der Waals surface area contributed by atoms with E-state index in [9.17, 15) is 14.7 Å². The molecule has 6 nitrogen and oxygen atoms in total. The average Bonchev–Trinajstić information content (AvgIpc) is 3.02. The van der Waals surface area contributed by atoms with Gasteiger partial charge >= 0.3 is 5.97 Å². The van der Waals surface area contributed by atoms with Crippen LogP contribution in [0.3, 0.4) is 0 Å². The van der Waals surface area contributed by atoms with E-state index in [1.807, 2.05) is 35.9 Å². The Balaban J connectivity index is 1.89. The molecule has 0 saturated carbocycles. The van der Waals surface area contributed by atoms with Crippen LogP contribution in [0, 0.1) is 6.92 Å². The molecular formula is C20H25N3O3. The van der Waals surface area contributed by atoms with E-state index in [1.165, 1.54) is 0 Å². The Morgan fingerprint density at radius 3 is 2.62 bits per heavy atom. The SMILES string of the molecule is CCC(CC)n1nc(C(=O)N2Cc3ccccc3C(C(=O)O)C2)cc1C. The molecular weight excluding hydrogens is 330 g/mol. The highest BCUT2D eigenvalue weighted by Crippen LogP contribution is 2.29. The largest absolute Gasteiger partial charge is 0.481 e. The van der Waals surface area contributed by atoms with Crippen LogP contribution in [0.1, 0.15) is 66.0 Å². The molecule has 0 fully saturated rings. The van der Waals surface area contributed by atoms with Crippen LogP contribution in [0.5, 0.6) is 0 Å². The van der Waals surface area contributed by atoms with Gasteiger partial charge in [-0.3, -0.25) is 14.3 Å². The normalized spacial score (nSPS) is 16.6. The van der Waals surface area contributed by atoms with Crippen LogP contribution in [0.4, 0.5) is 0 Å². The predicted molar refractivity (Wildman–Crippen MR) is 98.1 cm³/mol. The fourth-order valence-corrected chi connectivity index (χ4v) is 3.73. The summed E-state index contributed by atoms with van der Waals surface area (Å²) < 4.78 is 1.92. The number of hydrogen-bond donors (Lipinski definition) is 1. The number of nitrogens with zero attached hydrogens (tertiary/aromatic N) is 3. The highest BCUT2D eigenvalue weighted by atomic mass is 16.4. The van der Waals surface area contributed by atoms with Crippen LogP contribution in [0.2, 0.25) is 0 Å². The van der Waals surface area contributed by atoms with Crippen molar-refractivity contribution in [1.82, 2.24) is 14.7 Å². The van der Waals surface area contributed by atoms with E-state index < -0.39 is 11.9 Å². The standard InChI is InChI=1S/C20H25N3O3/c1-4-15(5-2)23-13(3)10-18(21-23)19(24)22-11-14-8-6-7-9-16(14)17(12-22)20(25)26/h6-10,15,17H,4-5,11-12H2,1-3H3,(H,25,26). The lowest BCUT2D eigenvalue weighted by atomic mass is 9.89. The predicted octanol–water partition coefficient (Wildman–Crippen LogP) is 3.38. The van der Waals surface area contributed by atoms with Gasteiger partial charge < -0.3 is 10.0 Å². The van der Waals surface area contributed by atoms with Crippen molar-refractivity contribution in [1.29, 1.82) is 0 Å². The zero-order valence-electron chi connectivity index (χ0n) is 15.5. The maximum absolute atomic E-state index is 13.0. The minimum atomic E-state index is -0.909. The van der Waals surface area contributed by atoms with E-state index in [0.717, 1.165) is 29.7 Å². The second-order valence-electron chi connectivity index (χ2n) is 6.86. The molecule has 0 spiro atoms. The number of carboxylic acids is 1. The van der Waals surface area contributed by atoms with E-state index in [2.05, 4.69) is 18.9 Å². The first-order valence-corrected chi connectivity index (χ1v) is 9.12. The van der Waals surface area contributed by atoms with Crippen molar-refractivity contribution in [2.75, 3.05) is 6.54 Å². The van der Waals surface area contributed by atoms with E-state index in [0.29, 0.717) is 12.2 Å². The summed E-state index contributed by atoms with van der Waals surface area (Å²) in [6.45, 7) is 6.75. The zero-order chi connectivity index (χ0) is 18.8. The lowest BCUT2D eigenvalue weighted by molar-refractivity contribution is -0.139. The van der Waals surface area contributed by atoms with Crippen molar-refractivity contribution in [2.45, 2.75) is 52.1 Å². The first-order valence-electron chi connectivity index (χ1n) is 9.12. The molecule has 26 heavy (non-hydrogen) atoms. The summed E-state index contributed by atoms with van der Waals surface area (Å²) in [7, 11) is 0. The van der Waals surface area contributed by atoms with E-state index >= 15 is 0 Å². The van der Waals surface area contributed by atoms with Crippen LogP contribution in [-0.2, 0) is 11.3 Å². The Morgan fingerprint density at radius 2 is 1.96 bits per heavy atom. The number of fused-ring (bicyclic) bond motifs is 1. The summed E-state index contributed by atoms with van der Waals surface area (Å²) in [5.41, 5.74) is 3.02. The Morgan fingerprint density at radius 1 is 1.27 bits per heavy atom. The number of rotatable bonds is 5. The molecule has 1 atom stereocenters. The van der Waals surface area contributed by atoms with Gasteiger partial charge in [-0.05, 0) is 37.0 Å². The summed E-state index contributed by atoms with van der Waals surface area (Å²) in [6.07, 6.45) is 1.90. The fraction of sp³-hybridized carbons (Fsp3) is 0.450. The van der Waals surface area contributed by atoms with Crippen molar-refractivity contribution >= 4 is 11.9 Å². The molecule has 138 valence electrons. The van der Waals surface area contributed by atoms with Crippen molar-refractivity contribution < 1.29 is 14.7 Å². The summed E-state index contributed by atoms with van der Waals surface area (Å²) in [5, 5.41) is 14.1. The molecule has 3 rings (SSSR count). The highest BCUT2D eigenvalue weighted by Gasteiger charge is 2.33. The molecule has 0 bridgehead atoms. The number of carbonyl (C=O) groups is 2. The van der Waals surface area contributed by atoms with Gasteiger partial charge in [0.05, 0.1) is 12.0 Å². The van der Waals surface area contributed by atoms with Gasteiger partial charge in [0.15, 0.2) is 5.69 Å². The summed E-state index contributed by atoms with van der Waals surface area (Å²) in [6, 6.07) is 9.51. The van der Waals surface area contributed by atoms with Crippen LogP contribution in [0.15, 0.2) is 30.3 Å². The Kier molecular flexibility index (Phi) is 5.11. The third-order valence-electron chi connectivity index (χ3n) is 5.21. The lowest BCUT2D eigenvalue weighted by Crippen LogP contribution is -2.40. The number of hydrogen-bond acceptors (Lipinski definition) is 3.